The SMILES string of the molecule is CC1(C)OC(c2ccc(S(C)(=O)=O)c(F)c2)=C(c2ccc(N)cc2)C1=O. The fourth-order valence-corrected chi connectivity index (χ4v) is 3.54. The Morgan fingerprint density at radius 1 is 1.04 bits per heavy atom. The predicted octanol–water partition coefficient (Wildman–Crippen LogP) is 3.06. The van der Waals surface area contributed by atoms with E-state index >= 15 is 0 Å². The number of ketones is 1. The second-order valence-electron chi connectivity index (χ2n) is 6.68. The molecule has 0 amide bonds. The molecule has 1 heterocycles. The fraction of sp³-hybridized carbons (Fsp3) is 0.211. The molecule has 2 N–H and O–H groups in total. The Morgan fingerprint density at radius 2 is 1.62 bits per heavy atom. The average Bonchev–Trinajstić information content (AvgIpc) is 2.77. The van der Waals surface area contributed by atoms with Crippen molar-refractivity contribution in [2.45, 2.75) is 24.3 Å². The minimum Gasteiger partial charge on any atom is -0.478 e. The van der Waals surface area contributed by atoms with Gasteiger partial charge in [0.05, 0.1) is 5.57 Å². The fourth-order valence-electron chi connectivity index (χ4n) is 2.81. The number of Topliss-reactive ketones (excluding diaryl/α,β-unsaturated/α-hetero) is 1. The molecule has 0 saturated carbocycles. The van der Waals surface area contributed by atoms with Gasteiger partial charge in [-0.1, -0.05) is 12.1 Å². The molecule has 136 valence electrons. The Morgan fingerprint density at radius 3 is 2.15 bits per heavy atom. The van der Waals surface area contributed by atoms with E-state index in [1.54, 1.807) is 38.1 Å². The van der Waals surface area contributed by atoms with Gasteiger partial charge in [-0.15, -0.1) is 0 Å². The van der Waals surface area contributed by atoms with Crippen molar-refractivity contribution in [3.63, 3.8) is 0 Å². The molecule has 1 aliphatic rings. The van der Waals surface area contributed by atoms with Crippen molar-refractivity contribution in [1.29, 1.82) is 0 Å². The van der Waals surface area contributed by atoms with Crippen molar-refractivity contribution < 1.29 is 22.3 Å². The Hall–Kier alpha value is -2.67. The van der Waals surface area contributed by atoms with E-state index in [1.807, 2.05) is 0 Å². The zero-order valence-corrected chi connectivity index (χ0v) is 15.4. The molecule has 7 heteroatoms. The highest BCUT2D eigenvalue weighted by Crippen LogP contribution is 2.41. The minimum atomic E-state index is -3.69. The Kier molecular flexibility index (Phi) is 4.15. The summed E-state index contributed by atoms with van der Waals surface area (Å²) >= 11 is 0. The number of hydrogen-bond donors (Lipinski definition) is 1. The molecule has 2 aromatic carbocycles. The molecular weight excluding hydrogens is 357 g/mol. The summed E-state index contributed by atoms with van der Waals surface area (Å²) in [5.74, 6) is -0.927. The third kappa shape index (κ3) is 3.10. The molecule has 1 aliphatic heterocycles. The topological polar surface area (TPSA) is 86.5 Å². The predicted molar refractivity (Wildman–Crippen MR) is 97.3 cm³/mol. The molecule has 0 unspecified atom stereocenters. The smallest absolute Gasteiger partial charge is 0.210 e. The maximum Gasteiger partial charge on any atom is 0.210 e. The molecule has 0 spiro atoms. The van der Waals surface area contributed by atoms with Crippen molar-refractivity contribution in [2.75, 3.05) is 12.0 Å². The Bertz CT molecular complexity index is 1040. The lowest BCUT2D eigenvalue weighted by Gasteiger charge is -2.18. The third-order valence-corrected chi connectivity index (χ3v) is 5.28. The lowest BCUT2D eigenvalue weighted by Crippen LogP contribution is -2.29. The normalized spacial score (nSPS) is 16.7. The average molecular weight is 375 g/mol. The molecule has 0 bridgehead atoms. The largest absolute Gasteiger partial charge is 0.478 e. The van der Waals surface area contributed by atoms with Crippen LogP contribution in [0.5, 0.6) is 0 Å². The van der Waals surface area contributed by atoms with Crippen LogP contribution in [0.25, 0.3) is 11.3 Å². The van der Waals surface area contributed by atoms with E-state index in [4.69, 9.17) is 10.5 Å². The van der Waals surface area contributed by atoms with Crippen molar-refractivity contribution in [3.05, 3.63) is 59.4 Å². The maximum absolute atomic E-state index is 14.3. The van der Waals surface area contributed by atoms with E-state index in [0.717, 1.165) is 12.3 Å². The van der Waals surface area contributed by atoms with E-state index in [-0.39, 0.29) is 11.5 Å². The molecule has 0 radical (unpaired) electrons. The first-order chi connectivity index (χ1) is 12.0. The van der Waals surface area contributed by atoms with Gasteiger partial charge in [-0.2, -0.15) is 0 Å². The first kappa shape index (κ1) is 18.1. The first-order valence-corrected chi connectivity index (χ1v) is 9.74. The molecular formula is C19H18FNO4S. The summed E-state index contributed by atoms with van der Waals surface area (Å²) in [7, 11) is -3.69. The second-order valence-corrected chi connectivity index (χ2v) is 8.67. The molecule has 3 rings (SSSR count). The maximum atomic E-state index is 14.3. The lowest BCUT2D eigenvalue weighted by atomic mass is 9.92. The third-order valence-electron chi connectivity index (χ3n) is 4.15. The number of nitrogens with two attached hydrogens (primary N) is 1. The number of hydrogen-bond acceptors (Lipinski definition) is 5. The van der Waals surface area contributed by atoms with Crippen molar-refractivity contribution in [1.82, 2.24) is 0 Å². The number of carbonyl (C=O) groups is 1. The van der Waals surface area contributed by atoms with Gasteiger partial charge in [-0.05, 0) is 49.7 Å². The zero-order chi connectivity index (χ0) is 19.3. The summed E-state index contributed by atoms with van der Waals surface area (Å²) in [5, 5.41) is 0. The summed E-state index contributed by atoms with van der Waals surface area (Å²) in [4.78, 5) is 12.4. The molecule has 2 aromatic rings. The standard InChI is InChI=1S/C19H18FNO4S/c1-19(2)18(22)16(11-4-7-13(21)8-5-11)17(25-19)12-6-9-15(14(20)10-12)26(3,23)24/h4-10H,21H2,1-3H3. The van der Waals surface area contributed by atoms with Crippen LogP contribution in [-0.4, -0.2) is 26.1 Å². The summed E-state index contributed by atoms with van der Waals surface area (Å²) in [6.07, 6.45) is 0.933. The molecule has 0 fully saturated rings. The van der Waals surface area contributed by atoms with Crippen molar-refractivity contribution >= 4 is 32.6 Å². The number of nitrogen functional groups attached to an aromatic ring is 1. The summed E-state index contributed by atoms with van der Waals surface area (Å²) in [6.45, 7) is 3.25. The number of benzene rings is 2. The summed E-state index contributed by atoms with van der Waals surface area (Å²) in [5.41, 5.74) is 6.32. The van der Waals surface area contributed by atoms with E-state index < -0.39 is 26.2 Å². The van der Waals surface area contributed by atoms with Gasteiger partial charge in [0, 0.05) is 17.5 Å². The quantitative estimate of drug-likeness (QED) is 0.833. The summed E-state index contributed by atoms with van der Waals surface area (Å²) < 4.78 is 43.3. The highest BCUT2D eigenvalue weighted by Gasteiger charge is 2.42. The number of sulfone groups is 1. The number of halogens is 1. The zero-order valence-electron chi connectivity index (χ0n) is 14.5. The van der Waals surface area contributed by atoms with E-state index in [1.165, 1.54) is 12.1 Å². The minimum absolute atomic E-state index is 0.212. The van der Waals surface area contributed by atoms with Gasteiger partial charge in [0.25, 0.3) is 0 Å². The van der Waals surface area contributed by atoms with Crippen LogP contribution in [0.15, 0.2) is 47.4 Å². The van der Waals surface area contributed by atoms with Gasteiger partial charge < -0.3 is 10.5 Å². The molecule has 26 heavy (non-hydrogen) atoms. The monoisotopic (exact) mass is 375 g/mol. The number of rotatable bonds is 3. The van der Waals surface area contributed by atoms with E-state index in [9.17, 15) is 17.6 Å². The second kappa shape index (κ2) is 5.95. The van der Waals surface area contributed by atoms with Crippen molar-refractivity contribution in [2.24, 2.45) is 0 Å². The van der Waals surface area contributed by atoms with Crippen LogP contribution in [0.1, 0.15) is 25.0 Å². The van der Waals surface area contributed by atoms with Gasteiger partial charge in [-0.3, -0.25) is 4.79 Å². The van der Waals surface area contributed by atoms with Crippen LogP contribution in [0, 0.1) is 5.82 Å². The number of carbonyl (C=O) groups excluding carboxylic acids is 1. The Labute approximate surface area is 151 Å². The van der Waals surface area contributed by atoms with E-state index in [2.05, 4.69) is 0 Å². The van der Waals surface area contributed by atoms with Crippen LogP contribution in [0.3, 0.4) is 0 Å². The molecule has 0 saturated heterocycles. The number of ether oxygens (including phenoxy) is 1. The van der Waals surface area contributed by atoms with Crippen LogP contribution in [0.2, 0.25) is 0 Å². The van der Waals surface area contributed by atoms with Gasteiger partial charge in [-0.25, -0.2) is 12.8 Å². The van der Waals surface area contributed by atoms with Crippen molar-refractivity contribution in [3.8, 4) is 0 Å². The highest BCUT2D eigenvalue weighted by molar-refractivity contribution is 7.90. The first-order valence-electron chi connectivity index (χ1n) is 7.85. The molecule has 0 aromatic heterocycles. The lowest BCUT2D eigenvalue weighted by molar-refractivity contribution is -0.125. The molecule has 0 aliphatic carbocycles. The van der Waals surface area contributed by atoms with Crippen LogP contribution in [-0.2, 0) is 19.4 Å². The van der Waals surface area contributed by atoms with Crippen LogP contribution >= 0.6 is 0 Å². The van der Waals surface area contributed by atoms with Crippen LogP contribution in [0.4, 0.5) is 10.1 Å². The molecule has 0 atom stereocenters. The van der Waals surface area contributed by atoms with Gasteiger partial charge >= 0.3 is 0 Å². The highest BCUT2D eigenvalue weighted by atomic mass is 32.2. The van der Waals surface area contributed by atoms with Gasteiger partial charge in [0.2, 0.25) is 5.78 Å². The van der Waals surface area contributed by atoms with E-state index in [0.29, 0.717) is 22.4 Å². The van der Waals surface area contributed by atoms with Gasteiger partial charge in [0.15, 0.2) is 15.4 Å². The molecule has 5 nitrogen and oxygen atoms in total. The van der Waals surface area contributed by atoms with Crippen LogP contribution < -0.4 is 5.73 Å². The number of anilines is 1. The summed E-state index contributed by atoms with van der Waals surface area (Å²) in [6, 6.07) is 10.4. The Balaban J connectivity index is 2.20. The van der Waals surface area contributed by atoms with Gasteiger partial charge in [0.1, 0.15) is 16.5 Å².